The molecule has 9 heteroatoms. The van der Waals surface area contributed by atoms with E-state index in [-0.39, 0.29) is 17.2 Å². The number of nitrogens with two attached hydrogens (primary N) is 1. The second-order valence-corrected chi connectivity index (χ2v) is 5.47. The molecule has 8 nitrogen and oxygen atoms in total. The molecule has 1 amide bonds. The van der Waals surface area contributed by atoms with Crippen molar-refractivity contribution < 1.29 is 14.6 Å². The third-order valence-electron chi connectivity index (χ3n) is 3.12. The summed E-state index contributed by atoms with van der Waals surface area (Å²) in [5.74, 6) is -0.458. The number of benzene rings is 2. The molecular weight excluding hydrogens is 348 g/mol. The highest BCUT2D eigenvalue weighted by atomic mass is 35.5. The van der Waals surface area contributed by atoms with Gasteiger partial charge in [0.05, 0.1) is 4.92 Å². The molecule has 25 heavy (non-hydrogen) atoms. The molecule has 0 aliphatic heterocycles. The Morgan fingerprint density at radius 1 is 1.32 bits per heavy atom. The van der Waals surface area contributed by atoms with Gasteiger partial charge in [0, 0.05) is 28.4 Å². The Morgan fingerprint density at radius 3 is 2.72 bits per heavy atom. The largest absolute Gasteiger partial charge is 0.381 e. The lowest BCUT2D eigenvalue weighted by molar-refractivity contribution is -0.384. The summed E-state index contributed by atoms with van der Waals surface area (Å²) in [6, 6.07) is 12.3. The SMILES string of the molecule is CC(ON=C(N)c1cccc(Cl)c1)C(=O)Nc1cccc([N+](=O)[O-])c1. The number of rotatable bonds is 6. The Morgan fingerprint density at radius 2 is 2.04 bits per heavy atom. The van der Waals surface area contributed by atoms with Gasteiger partial charge in [0.15, 0.2) is 5.84 Å². The molecule has 2 aromatic rings. The maximum atomic E-state index is 12.1. The molecule has 0 heterocycles. The van der Waals surface area contributed by atoms with E-state index in [4.69, 9.17) is 22.2 Å². The highest BCUT2D eigenvalue weighted by Gasteiger charge is 2.16. The van der Waals surface area contributed by atoms with Crippen LogP contribution >= 0.6 is 11.6 Å². The molecule has 130 valence electrons. The summed E-state index contributed by atoms with van der Waals surface area (Å²) in [6.07, 6.45) is -0.961. The van der Waals surface area contributed by atoms with Crippen LogP contribution < -0.4 is 11.1 Å². The number of oxime groups is 1. The Balaban J connectivity index is 1.99. The average Bonchev–Trinajstić information content (AvgIpc) is 2.59. The fourth-order valence-corrected chi connectivity index (χ4v) is 2.02. The number of nitrogens with one attached hydrogen (secondary N) is 1. The van der Waals surface area contributed by atoms with Gasteiger partial charge in [0.1, 0.15) is 0 Å². The van der Waals surface area contributed by atoms with Crippen LogP contribution in [-0.4, -0.2) is 22.8 Å². The van der Waals surface area contributed by atoms with E-state index in [2.05, 4.69) is 10.5 Å². The van der Waals surface area contributed by atoms with E-state index in [1.54, 1.807) is 24.3 Å². The molecule has 0 aromatic heterocycles. The van der Waals surface area contributed by atoms with Gasteiger partial charge < -0.3 is 15.9 Å². The van der Waals surface area contributed by atoms with Crippen molar-refractivity contribution in [3.63, 3.8) is 0 Å². The van der Waals surface area contributed by atoms with E-state index >= 15 is 0 Å². The highest BCUT2D eigenvalue weighted by molar-refractivity contribution is 6.31. The monoisotopic (exact) mass is 362 g/mol. The average molecular weight is 363 g/mol. The normalized spacial score (nSPS) is 12.3. The zero-order valence-corrected chi connectivity index (χ0v) is 13.9. The number of nitro benzene ring substituents is 1. The summed E-state index contributed by atoms with van der Waals surface area (Å²) in [6.45, 7) is 1.47. The molecule has 0 fully saturated rings. The fourth-order valence-electron chi connectivity index (χ4n) is 1.83. The molecule has 0 aliphatic rings. The number of carbonyl (C=O) groups is 1. The Kier molecular flexibility index (Phi) is 5.91. The van der Waals surface area contributed by atoms with Crippen molar-refractivity contribution in [3.05, 3.63) is 69.2 Å². The summed E-state index contributed by atoms with van der Waals surface area (Å²) >= 11 is 5.86. The van der Waals surface area contributed by atoms with Crippen LogP contribution in [0.15, 0.2) is 53.7 Å². The molecule has 2 aromatic carbocycles. The molecule has 2 rings (SSSR count). The van der Waals surface area contributed by atoms with E-state index < -0.39 is 16.9 Å². The third-order valence-corrected chi connectivity index (χ3v) is 3.36. The van der Waals surface area contributed by atoms with Crippen LogP contribution in [0.5, 0.6) is 0 Å². The molecule has 3 N–H and O–H groups in total. The number of halogens is 1. The standard InChI is InChI=1S/C16H15ClN4O4/c1-10(25-20-15(18)11-4-2-5-12(17)8-11)16(22)19-13-6-3-7-14(9-13)21(23)24/h2-10H,1H3,(H2,18,20)(H,19,22). The van der Waals surface area contributed by atoms with Gasteiger partial charge in [0.25, 0.3) is 11.6 Å². The van der Waals surface area contributed by atoms with Crippen molar-refractivity contribution in [1.29, 1.82) is 0 Å². The molecule has 0 saturated heterocycles. The van der Waals surface area contributed by atoms with Gasteiger partial charge in [-0.25, -0.2) is 0 Å². The first-order valence-electron chi connectivity index (χ1n) is 7.17. The maximum absolute atomic E-state index is 12.1. The lowest BCUT2D eigenvalue weighted by Gasteiger charge is -2.11. The summed E-state index contributed by atoms with van der Waals surface area (Å²) in [7, 11) is 0. The predicted molar refractivity (Wildman–Crippen MR) is 94.4 cm³/mol. The summed E-state index contributed by atoms with van der Waals surface area (Å²) < 4.78 is 0. The Hall–Kier alpha value is -3.13. The first-order valence-corrected chi connectivity index (χ1v) is 7.55. The molecule has 0 saturated carbocycles. The van der Waals surface area contributed by atoms with E-state index in [9.17, 15) is 14.9 Å². The van der Waals surface area contributed by atoms with Gasteiger partial charge >= 0.3 is 0 Å². The zero-order chi connectivity index (χ0) is 18.4. The second kappa shape index (κ2) is 8.11. The van der Waals surface area contributed by atoms with E-state index in [1.165, 1.54) is 31.2 Å². The molecule has 0 spiro atoms. The first kappa shape index (κ1) is 18.2. The molecule has 0 radical (unpaired) electrons. The topological polar surface area (TPSA) is 120 Å². The van der Waals surface area contributed by atoms with Gasteiger partial charge in [-0.05, 0) is 25.1 Å². The van der Waals surface area contributed by atoms with Crippen LogP contribution in [0.1, 0.15) is 12.5 Å². The Labute approximate surface area is 148 Å². The van der Waals surface area contributed by atoms with E-state index in [0.717, 1.165) is 0 Å². The number of anilines is 1. The van der Waals surface area contributed by atoms with Crippen LogP contribution in [0.25, 0.3) is 0 Å². The number of non-ortho nitro benzene ring substituents is 1. The van der Waals surface area contributed by atoms with Crippen molar-refractivity contribution in [2.24, 2.45) is 10.9 Å². The van der Waals surface area contributed by atoms with Crippen LogP contribution in [-0.2, 0) is 9.63 Å². The third kappa shape index (κ3) is 5.18. The minimum absolute atomic E-state index is 0.0671. The number of nitrogens with zero attached hydrogens (tertiary/aromatic N) is 2. The van der Waals surface area contributed by atoms with Crippen LogP contribution in [0.2, 0.25) is 5.02 Å². The van der Waals surface area contributed by atoms with Gasteiger partial charge in [-0.1, -0.05) is 35.0 Å². The van der Waals surface area contributed by atoms with Crippen molar-refractivity contribution in [1.82, 2.24) is 0 Å². The highest BCUT2D eigenvalue weighted by Crippen LogP contribution is 2.17. The van der Waals surface area contributed by atoms with Crippen LogP contribution in [0.4, 0.5) is 11.4 Å². The summed E-state index contributed by atoms with van der Waals surface area (Å²) in [5.41, 5.74) is 6.48. The fraction of sp³-hybridized carbons (Fsp3) is 0.125. The first-order chi connectivity index (χ1) is 11.9. The van der Waals surface area contributed by atoms with E-state index in [0.29, 0.717) is 10.6 Å². The number of amides is 1. The van der Waals surface area contributed by atoms with Gasteiger partial charge in [0.2, 0.25) is 6.10 Å². The number of hydrogen-bond acceptors (Lipinski definition) is 5. The molecule has 0 aliphatic carbocycles. The molecule has 1 unspecified atom stereocenters. The minimum atomic E-state index is -0.961. The summed E-state index contributed by atoms with van der Waals surface area (Å²) in [5, 5.41) is 17.4. The zero-order valence-electron chi connectivity index (χ0n) is 13.2. The van der Waals surface area contributed by atoms with Crippen LogP contribution in [0.3, 0.4) is 0 Å². The van der Waals surface area contributed by atoms with Crippen molar-refractivity contribution in [2.75, 3.05) is 5.32 Å². The lowest BCUT2D eigenvalue weighted by atomic mass is 10.2. The van der Waals surface area contributed by atoms with Gasteiger partial charge in [-0.2, -0.15) is 0 Å². The van der Waals surface area contributed by atoms with Crippen molar-refractivity contribution >= 4 is 34.7 Å². The molecular formula is C16H15ClN4O4. The van der Waals surface area contributed by atoms with Gasteiger partial charge in [-0.3, -0.25) is 14.9 Å². The number of hydrogen-bond donors (Lipinski definition) is 2. The van der Waals surface area contributed by atoms with Crippen molar-refractivity contribution in [2.45, 2.75) is 13.0 Å². The summed E-state index contributed by atoms with van der Waals surface area (Å²) in [4.78, 5) is 27.3. The maximum Gasteiger partial charge on any atom is 0.271 e. The smallest absolute Gasteiger partial charge is 0.271 e. The molecule has 1 atom stereocenters. The minimum Gasteiger partial charge on any atom is -0.381 e. The molecule has 0 bridgehead atoms. The number of carbonyl (C=O) groups excluding carboxylic acids is 1. The van der Waals surface area contributed by atoms with Crippen LogP contribution in [0, 0.1) is 10.1 Å². The second-order valence-electron chi connectivity index (χ2n) is 5.03. The van der Waals surface area contributed by atoms with Gasteiger partial charge in [-0.15, -0.1) is 0 Å². The number of amidine groups is 1. The van der Waals surface area contributed by atoms with Crippen molar-refractivity contribution in [3.8, 4) is 0 Å². The number of nitro groups is 1. The lowest BCUT2D eigenvalue weighted by Crippen LogP contribution is -2.27. The quantitative estimate of drug-likeness (QED) is 0.354. The van der Waals surface area contributed by atoms with E-state index in [1.807, 2.05) is 0 Å². The Bertz CT molecular complexity index is 825. The predicted octanol–water partition coefficient (Wildman–Crippen LogP) is 2.91.